The van der Waals surface area contributed by atoms with Gasteiger partial charge in [-0.2, -0.15) is 5.26 Å². The summed E-state index contributed by atoms with van der Waals surface area (Å²) >= 11 is 0. The van der Waals surface area contributed by atoms with Gasteiger partial charge in [-0.25, -0.2) is 4.79 Å². The Kier molecular flexibility index (Phi) is 4.71. The minimum atomic E-state index is -1.06. The van der Waals surface area contributed by atoms with Gasteiger partial charge < -0.3 is 14.4 Å². The summed E-state index contributed by atoms with van der Waals surface area (Å²) in [4.78, 5) is 25.9. The molecule has 0 bridgehead atoms. The third-order valence-electron chi connectivity index (χ3n) is 4.82. The topological polar surface area (TPSA) is 94.5 Å². The van der Waals surface area contributed by atoms with Crippen LogP contribution in [0.25, 0.3) is 17.4 Å². The molecule has 4 rings (SSSR count). The number of anilines is 1. The van der Waals surface area contributed by atoms with Gasteiger partial charge in [-0.05, 0) is 36.2 Å². The van der Waals surface area contributed by atoms with Gasteiger partial charge in [-0.1, -0.05) is 36.4 Å². The molecule has 0 saturated heterocycles. The number of hydrogen-bond donors (Lipinski definition) is 1. The predicted octanol–water partition coefficient (Wildman–Crippen LogP) is 4.14. The molecule has 2 aromatic carbocycles. The van der Waals surface area contributed by atoms with E-state index in [1.165, 1.54) is 12.1 Å². The highest BCUT2D eigenvalue weighted by atomic mass is 16.4. The monoisotopic (exact) mass is 384 g/mol. The summed E-state index contributed by atoms with van der Waals surface area (Å²) in [5, 5.41) is 18.9. The first kappa shape index (κ1) is 18.3. The molecule has 0 atom stereocenters. The number of carbonyl (C=O) groups is 2. The van der Waals surface area contributed by atoms with E-state index in [0.29, 0.717) is 23.6 Å². The molecule has 142 valence electrons. The zero-order valence-electron chi connectivity index (χ0n) is 15.3. The number of para-hydroxylation sites is 1. The molecule has 1 aliphatic heterocycles. The molecule has 1 amide bonds. The van der Waals surface area contributed by atoms with Crippen LogP contribution in [0.3, 0.4) is 0 Å². The van der Waals surface area contributed by atoms with Gasteiger partial charge in [0.25, 0.3) is 5.91 Å². The van der Waals surface area contributed by atoms with Crippen LogP contribution in [-0.2, 0) is 11.2 Å². The van der Waals surface area contributed by atoms with Crippen molar-refractivity contribution in [2.75, 3.05) is 11.4 Å². The van der Waals surface area contributed by atoms with Crippen LogP contribution in [0.1, 0.15) is 21.7 Å². The number of amides is 1. The number of hydrogen-bond acceptors (Lipinski definition) is 4. The fourth-order valence-electron chi connectivity index (χ4n) is 3.44. The summed E-state index contributed by atoms with van der Waals surface area (Å²) < 4.78 is 5.71. The second kappa shape index (κ2) is 7.49. The van der Waals surface area contributed by atoms with Crippen molar-refractivity contribution in [2.24, 2.45) is 0 Å². The fraction of sp³-hybridized carbons (Fsp3) is 0.0870. The van der Waals surface area contributed by atoms with Crippen molar-refractivity contribution in [3.63, 3.8) is 0 Å². The van der Waals surface area contributed by atoms with E-state index in [-0.39, 0.29) is 17.0 Å². The first-order valence-corrected chi connectivity index (χ1v) is 9.02. The van der Waals surface area contributed by atoms with Crippen molar-refractivity contribution in [1.29, 1.82) is 5.26 Å². The van der Waals surface area contributed by atoms with E-state index in [0.717, 1.165) is 17.7 Å². The van der Waals surface area contributed by atoms with Crippen molar-refractivity contribution in [3.8, 4) is 17.4 Å². The van der Waals surface area contributed by atoms with E-state index in [1.54, 1.807) is 35.2 Å². The molecule has 6 nitrogen and oxygen atoms in total. The van der Waals surface area contributed by atoms with E-state index in [1.807, 2.05) is 30.3 Å². The Morgan fingerprint density at radius 2 is 1.83 bits per heavy atom. The van der Waals surface area contributed by atoms with Crippen LogP contribution in [0, 0.1) is 11.3 Å². The van der Waals surface area contributed by atoms with E-state index in [9.17, 15) is 20.0 Å². The van der Waals surface area contributed by atoms with Crippen LogP contribution < -0.4 is 4.90 Å². The first-order valence-electron chi connectivity index (χ1n) is 9.02. The zero-order chi connectivity index (χ0) is 20.4. The quantitative estimate of drug-likeness (QED) is 0.539. The van der Waals surface area contributed by atoms with Crippen molar-refractivity contribution in [2.45, 2.75) is 6.42 Å². The Morgan fingerprint density at radius 3 is 2.62 bits per heavy atom. The van der Waals surface area contributed by atoms with Crippen LogP contribution in [0.4, 0.5) is 5.69 Å². The van der Waals surface area contributed by atoms with Crippen LogP contribution in [0.15, 0.2) is 70.7 Å². The highest BCUT2D eigenvalue weighted by molar-refractivity contribution is 6.12. The molecular weight excluding hydrogens is 368 g/mol. The van der Waals surface area contributed by atoms with Crippen molar-refractivity contribution in [1.82, 2.24) is 0 Å². The number of benzene rings is 2. The Morgan fingerprint density at radius 1 is 1.07 bits per heavy atom. The van der Waals surface area contributed by atoms with Gasteiger partial charge in [0.2, 0.25) is 0 Å². The lowest BCUT2D eigenvalue weighted by atomic mass is 10.1. The van der Waals surface area contributed by atoms with E-state index in [2.05, 4.69) is 0 Å². The average Bonchev–Trinajstić information content (AvgIpc) is 3.38. The van der Waals surface area contributed by atoms with Crippen molar-refractivity contribution >= 4 is 23.6 Å². The van der Waals surface area contributed by atoms with E-state index < -0.39 is 5.97 Å². The smallest absolute Gasteiger partial charge is 0.336 e. The lowest BCUT2D eigenvalue weighted by molar-refractivity contribution is -0.114. The number of furan rings is 1. The number of carboxylic acid groups (broad SMARTS) is 1. The highest BCUT2D eigenvalue weighted by Gasteiger charge is 2.27. The van der Waals surface area contributed by atoms with Crippen LogP contribution in [-0.4, -0.2) is 23.5 Å². The Labute approximate surface area is 166 Å². The van der Waals surface area contributed by atoms with Crippen molar-refractivity contribution in [3.05, 3.63) is 83.1 Å². The van der Waals surface area contributed by atoms with E-state index in [4.69, 9.17) is 4.42 Å². The SMILES string of the molecule is N#CC(=Cc1ccc(-c2ccccc2C(=O)O)o1)C(=O)N1CCc2ccccc21. The fourth-order valence-corrected chi connectivity index (χ4v) is 3.44. The number of nitrogens with zero attached hydrogens (tertiary/aromatic N) is 2. The van der Waals surface area contributed by atoms with Crippen LogP contribution in [0.2, 0.25) is 0 Å². The maximum absolute atomic E-state index is 12.9. The molecule has 0 aliphatic carbocycles. The molecular formula is C23H16N2O4. The maximum atomic E-state index is 12.9. The summed E-state index contributed by atoms with van der Waals surface area (Å²) in [6, 6.07) is 19.3. The molecule has 6 heteroatoms. The Bertz CT molecular complexity index is 1180. The molecule has 1 aliphatic rings. The Hall–Kier alpha value is -4.11. The average molecular weight is 384 g/mol. The first-order chi connectivity index (χ1) is 14.1. The number of carboxylic acids is 1. The van der Waals surface area contributed by atoms with Gasteiger partial charge in [0.05, 0.1) is 5.56 Å². The van der Waals surface area contributed by atoms with E-state index >= 15 is 0 Å². The van der Waals surface area contributed by atoms with Gasteiger partial charge in [0.15, 0.2) is 0 Å². The molecule has 1 aromatic heterocycles. The minimum absolute atomic E-state index is 0.0471. The third kappa shape index (κ3) is 3.42. The summed E-state index contributed by atoms with van der Waals surface area (Å²) in [5.41, 5.74) is 2.38. The Balaban J connectivity index is 1.64. The lowest BCUT2D eigenvalue weighted by Gasteiger charge is -2.16. The minimum Gasteiger partial charge on any atom is -0.478 e. The molecule has 1 N–H and O–H groups in total. The zero-order valence-corrected chi connectivity index (χ0v) is 15.3. The van der Waals surface area contributed by atoms with Gasteiger partial charge in [0, 0.05) is 23.9 Å². The molecule has 2 heterocycles. The summed E-state index contributed by atoms with van der Waals surface area (Å²) in [6.45, 7) is 0.520. The second-order valence-corrected chi connectivity index (χ2v) is 6.56. The summed E-state index contributed by atoms with van der Waals surface area (Å²) in [7, 11) is 0. The van der Waals surface area contributed by atoms with Gasteiger partial charge >= 0.3 is 5.97 Å². The molecule has 0 spiro atoms. The number of fused-ring (bicyclic) bond motifs is 1. The number of nitriles is 1. The molecule has 0 unspecified atom stereocenters. The number of rotatable bonds is 4. The maximum Gasteiger partial charge on any atom is 0.336 e. The molecule has 0 saturated carbocycles. The van der Waals surface area contributed by atoms with Crippen LogP contribution in [0.5, 0.6) is 0 Å². The molecule has 3 aromatic rings. The van der Waals surface area contributed by atoms with Gasteiger partial charge in [-0.3, -0.25) is 4.79 Å². The van der Waals surface area contributed by atoms with Gasteiger partial charge in [0.1, 0.15) is 23.2 Å². The lowest BCUT2D eigenvalue weighted by Crippen LogP contribution is -2.29. The molecule has 0 fully saturated rings. The molecule has 0 radical (unpaired) electrons. The van der Waals surface area contributed by atoms with Crippen molar-refractivity contribution < 1.29 is 19.1 Å². The third-order valence-corrected chi connectivity index (χ3v) is 4.82. The molecule has 29 heavy (non-hydrogen) atoms. The summed E-state index contributed by atoms with van der Waals surface area (Å²) in [5.74, 6) is -0.793. The van der Waals surface area contributed by atoms with Gasteiger partial charge in [-0.15, -0.1) is 0 Å². The normalized spacial score (nSPS) is 13.1. The van der Waals surface area contributed by atoms with Crippen LogP contribution >= 0.6 is 0 Å². The highest BCUT2D eigenvalue weighted by Crippen LogP contribution is 2.30. The predicted molar refractivity (Wildman–Crippen MR) is 107 cm³/mol. The number of carbonyl (C=O) groups excluding carboxylic acids is 1. The summed E-state index contributed by atoms with van der Waals surface area (Å²) in [6.07, 6.45) is 2.13. The number of aromatic carboxylic acids is 1. The largest absolute Gasteiger partial charge is 0.478 e. The second-order valence-electron chi connectivity index (χ2n) is 6.56. The standard InChI is InChI=1S/C23H16N2O4/c24-14-16(22(26)25-12-11-15-5-1-4-8-20(15)25)13-17-9-10-21(29-17)18-6-2-3-7-19(18)23(27)28/h1-10,13H,11-12H2,(H,27,28).